The third-order valence-corrected chi connectivity index (χ3v) is 0.698. The molecule has 0 saturated carbocycles. The fourth-order valence-corrected chi connectivity index (χ4v) is 0.317. The maximum absolute atomic E-state index is 11.7. The molecular formula is C6H10F. The highest BCUT2D eigenvalue weighted by molar-refractivity contribution is 4.78. The van der Waals surface area contributed by atoms with Gasteiger partial charge in [0.05, 0.1) is 5.83 Å². The molecule has 0 N–H and O–H groups in total. The molecule has 0 amide bonds. The van der Waals surface area contributed by atoms with Crippen molar-refractivity contribution < 1.29 is 4.39 Å². The van der Waals surface area contributed by atoms with Crippen molar-refractivity contribution in [1.29, 1.82) is 0 Å². The maximum Gasteiger partial charge on any atom is 0.0928 e. The van der Waals surface area contributed by atoms with Crippen LogP contribution in [0.5, 0.6) is 0 Å². The molecule has 0 heterocycles. The highest BCUT2D eigenvalue weighted by Crippen LogP contribution is 2.03. The van der Waals surface area contributed by atoms with Gasteiger partial charge in [0.25, 0.3) is 0 Å². The molecule has 0 aliphatic carbocycles. The van der Waals surface area contributed by atoms with Crippen LogP contribution in [0.25, 0.3) is 0 Å². The van der Waals surface area contributed by atoms with Crippen LogP contribution in [0.2, 0.25) is 0 Å². The Morgan fingerprint density at radius 2 is 2.14 bits per heavy atom. The normalized spacial score (nSPS) is 8.86. The fraction of sp³-hybridized carbons (Fsp3) is 0.500. The number of rotatable bonds is 3. The number of hydrogen-bond donors (Lipinski definition) is 0. The zero-order chi connectivity index (χ0) is 5.70. The first kappa shape index (κ1) is 6.67. The summed E-state index contributed by atoms with van der Waals surface area (Å²) >= 11 is 0. The Morgan fingerprint density at radius 1 is 1.57 bits per heavy atom. The van der Waals surface area contributed by atoms with Crippen LogP contribution >= 0.6 is 0 Å². The van der Waals surface area contributed by atoms with E-state index in [2.05, 4.69) is 13.5 Å². The van der Waals surface area contributed by atoms with Gasteiger partial charge in [0.2, 0.25) is 0 Å². The quantitative estimate of drug-likeness (QED) is 0.512. The maximum atomic E-state index is 11.7. The molecule has 0 aromatic carbocycles. The highest BCUT2D eigenvalue weighted by atomic mass is 19.1. The molecule has 0 saturated heterocycles. The lowest BCUT2D eigenvalue weighted by Crippen LogP contribution is -1.70. The summed E-state index contributed by atoms with van der Waals surface area (Å²) in [5.41, 5.74) is 0. The molecule has 0 aliphatic heterocycles. The van der Waals surface area contributed by atoms with Crippen LogP contribution in [0.3, 0.4) is 0 Å². The summed E-state index contributed by atoms with van der Waals surface area (Å²) in [6.45, 7) is 6.65. The third-order valence-electron chi connectivity index (χ3n) is 0.698. The Bertz CT molecular complexity index is 57.2. The fourth-order valence-electron chi connectivity index (χ4n) is 0.317. The Hall–Kier alpha value is -0.330. The number of allylic oxidation sites excluding steroid dienone is 1. The van der Waals surface area contributed by atoms with E-state index in [1.54, 1.807) is 0 Å². The van der Waals surface area contributed by atoms with Crippen LogP contribution in [0, 0.1) is 6.92 Å². The van der Waals surface area contributed by atoms with E-state index < -0.39 is 0 Å². The lowest BCUT2D eigenvalue weighted by molar-refractivity contribution is 0.579. The smallest absolute Gasteiger partial charge is 0.0928 e. The summed E-state index contributed by atoms with van der Waals surface area (Å²) in [5.74, 6) is -0.233. The average Bonchev–Trinajstić information content (AvgIpc) is 1.61. The predicted octanol–water partition coefficient (Wildman–Crippen LogP) is 2.47. The molecule has 0 fully saturated rings. The first-order valence-electron chi connectivity index (χ1n) is 2.40. The van der Waals surface area contributed by atoms with Crippen LogP contribution in [-0.2, 0) is 0 Å². The Kier molecular flexibility index (Phi) is 3.67. The van der Waals surface area contributed by atoms with Crippen LogP contribution in [0.1, 0.15) is 19.3 Å². The molecule has 0 nitrogen and oxygen atoms in total. The number of hydrogen-bond acceptors (Lipinski definition) is 0. The second kappa shape index (κ2) is 3.85. The molecular weight excluding hydrogens is 91.1 g/mol. The van der Waals surface area contributed by atoms with Crippen molar-refractivity contribution in [3.8, 4) is 0 Å². The van der Waals surface area contributed by atoms with Gasteiger partial charge in [0, 0.05) is 0 Å². The van der Waals surface area contributed by atoms with Crippen molar-refractivity contribution in [1.82, 2.24) is 0 Å². The summed E-state index contributed by atoms with van der Waals surface area (Å²) in [6, 6.07) is 0. The molecule has 0 aromatic rings. The van der Waals surface area contributed by atoms with Crippen molar-refractivity contribution in [3.05, 3.63) is 19.3 Å². The van der Waals surface area contributed by atoms with Crippen LogP contribution in [-0.4, -0.2) is 0 Å². The van der Waals surface area contributed by atoms with Gasteiger partial charge in [0.1, 0.15) is 0 Å². The highest BCUT2D eigenvalue weighted by Gasteiger charge is 1.85. The van der Waals surface area contributed by atoms with Crippen LogP contribution in [0.15, 0.2) is 12.4 Å². The first-order valence-corrected chi connectivity index (χ1v) is 2.40. The van der Waals surface area contributed by atoms with Crippen LogP contribution in [0.4, 0.5) is 4.39 Å². The van der Waals surface area contributed by atoms with Crippen molar-refractivity contribution in [2.75, 3.05) is 0 Å². The number of halogens is 1. The van der Waals surface area contributed by atoms with Gasteiger partial charge in [-0.3, -0.25) is 0 Å². The zero-order valence-corrected chi connectivity index (χ0v) is 4.41. The minimum Gasteiger partial charge on any atom is -0.212 e. The number of unbranched alkanes of at least 4 members (excludes halogenated alkanes) is 1. The van der Waals surface area contributed by atoms with E-state index >= 15 is 0 Å². The van der Waals surface area contributed by atoms with Crippen molar-refractivity contribution in [2.45, 2.75) is 19.3 Å². The molecule has 0 bridgehead atoms. The topological polar surface area (TPSA) is 0 Å². The lowest BCUT2D eigenvalue weighted by Gasteiger charge is -1.87. The van der Waals surface area contributed by atoms with Crippen molar-refractivity contribution >= 4 is 0 Å². The largest absolute Gasteiger partial charge is 0.212 e. The van der Waals surface area contributed by atoms with Gasteiger partial charge < -0.3 is 0 Å². The molecule has 0 unspecified atom stereocenters. The average molecular weight is 101 g/mol. The van der Waals surface area contributed by atoms with E-state index in [0.29, 0.717) is 6.42 Å². The van der Waals surface area contributed by atoms with Gasteiger partial charge in [-0.2, -0.15) is 0 Å². The molecule has 0 aromatic heterocycles. The van der Waals surface area contributed by atoms with E-state index in [9.17, 15) is 4.39 Å². The van der Waals surface area contributed by atoms with Gasteiger partial charge in [-0.25, -0.2) is 4.39 Å². The summed E-state index contributed by atoms with van der Waals surface area (Å²) in [6.07, 6.45) is 2.09. The SMILES string of the molecule is [CH2]CCCC(=C)F. The summed E-state index contributed by atoms with van der Waals surface area (Å²) in [7, 11) is 0. The predicted molar refractivity (Wildman–Crippen MR) is 29.5 cm³/mol. The Balaban J connectivity index is 2.82. The van der Waals surface area contributed by atoms with Gasteiger partial charge in [-0.15, -0.1) is 0 Å². The van der Waals surface area contributed by atoms with Gasteiger partial charge in [-0.05, 0) is 12.8 Å². The van der Waals surface area contributed by atoms with E-state index in [1.807, 2.05) is 0 Å². The van der Waals surface area contributed by atoms with E-state index in [0.717, 1.165) is 12.8 Å². The molecule has 0 atom stereocenters. The molecule has 0 spiro atoms. The second-order valence-corrected chi connectivity index (χ2v) is 1.47. The standard InChI is InChI=1S/C6H10F/c1-3-4-5-6(2)7/h1-5H2. The molecule has 7 heavy (non-hydrogen) atoms. The zero-order valence-electron chi connectivity index (χ0n) is 4.41. The molecule has 1 radical (unpaired) electrons. The first-order chi connectivity index (χ1) is 3.27. The molecule has 0 rings (SSSR count). The van der Waals surface area contributed by atoms with E-state index in [4.69, 9.17) is 0 Å². The van der Waals surface area contributed by atoms with Gasteiger partial charge >= 0.3 is 0 Å². The minimum absolute atomic E-state index is 0.233. The van der Waals surface area contributed by atoms with Crippen molar-refractivity contribution in [3.63, 3.8) is 0 Å². The second-order valence-electron chi connectivity index (χ2n) is 1.47. The monoisotopic (exact) mass is 101 g/mol. The third kappa shape index (κ3) is 5.67. The minimum atomic E-state index is -0.233. The summed E-state index contributed by atoms with van der Waals surface area (Å²) in [5, 5.41) is 0. The van der Waals surface area contributed by atoms with Crippen molar-refractivity contribution in [2.24, 2.45) is 0 Å². The summed E-state index contributed by atoms with van der Waals surface area (Å²) in [4.78, 5) is 0. The molecule has 0 aliphatic rings. The molecule has 41 valence electrons. The van der Waals surface area contributed by atoms with E-state index in [1.165, 1.54) is 0 Å². The Labute approximate surface area is 44.0 Å². The van der Waals surface area contributed by atoms with Crippen LogP contribution < -0.4 is 0 Å². The van der Waals surface area contributed by atoms with Gasteiger partial charge in [0.15, 0.2) is 0 Å². The lowest BCUT2D eigenvalue weighted by atomic mass is 10.2. The van der Waals surface area contributed by atoms with E-state index in [-0.39, 0.29) is 5.83 Å². The van der Waals surface area contributed by atoms with Gasteiger partial charge in [-0.1, -0.05) is 19.9 Å². The summed E-state index contributed by atoms with van der Waals surface area (Å²) < 4.78 is 11.7. The Morgan fingerprint density at radius 3 is 2.29 bits per heavy atom. The molecule has 1 heteroatoms.